The average molecular weight is 352 g/mol. The molecule has 23 heavy (non-hydrogen) atoms. The van der Waals surface area contributed by atoms with Gasteiger partial charge >= 0.3 is 0 Å². The Morgan fingerprint density at radius 3 is 2.78 bits per heavy atom. The zero-order chi connectivity index (χ0) is 15.4. The molecule has 3 N–H and O–H groups in total. The van der Waals surface area contributed by atoms with Crippen LogP contribution in [0.5, 0.6) is 0 Å². The molecule has 3 rings (SSSR count). The van der Waals surface area contributed by atoms with Crippen LogP contribution in [0.2, 0.25) is 0 Å². The van der Waals surface area contributed by atoms with Crippen LogP contribution in [0.1, 0.15) is 40.5 Å². The zero-order valence-electron chi connectivity index (χ0n) is 13.0. The minimum absolute atomic E-state index is 0. The number of nitrogens with one attached hydrogen (secondary N) is 1. The van der Waals surface area contributed by atoms with E-state index in [1.54, 1.807) is 11.3 Å². The smallest absolute Gasteiger partial charge is 0.229 e. The highest BCUT2D eigenvalue weighted by molar-refractivity contribution is 7.09. The second-order valence-electron chi connectivity index (χ2n) is 5.68. The number of nitrogens with zero attached hydrogens (tertiary/aromatic N) is 1. The second kappa shape index (κ2) is 8.43. The van der Waals surface area contributed by atoms with Crippen LogP contribution in [-0.4, -0.2) is 17.4 Å². The first-order chi connectivity index (χ1) is 10.8. The summed E-state index contributed by atoms with van der Waals surface area (Å²) in [7, 11) is 0. The van der Waals surface area contributed by atoms with E-state index in [2.05, 4.69) is 34.6 Å². The van der Waals surface area contributed by atoms with Crippen LogP contribution >= 0.6 is 23.7 Å². The van der Waals surface area contributed by atoms with Crippen LogP contribution in [0.3, 0.4) is 0 Å². The van der Waals surface area contributed by atoms with Crippen molar-refractivity contribution in [2.75, 3.05) is 6.54 Å². The van der Waals surface area contributed by atoms with E-state index < -0.39 is 0 Å². The summed E-state index contributed by atoms with van der Waals surface area (Å²) in [6, 6.07) is 8.27. The van der Waals surface area contributed by atoms with Gasteiger partial charge in [-0.05, 0) is 43.4 Å². The molecule has 1 aliphatic carbocycles. The van der Waals surface area contributed by atoms with Gasteiger partial charge in [-0.25, -0.2) is 4.98 Å². The number of nitrogens with two attached hydrogens (primary N) is 1. The highest BCUT2D eigenvalue weighted by Gasteiger charge is 2.28. The third kappa shape index (κ3) is 4.31. The number of benzene rings is 1. The number of hydrogen-bond acceptors (Lipinski definition) is 4. The minimum atomic E-state index is -0.0773. The standard InChI is InChI=1S/C17H21N3OS.ClH/c18-9-8-12-4-6-13(7-5-12)10-19-17(21)14-2-1-3-15-16(14)20-11-22-15;/h4-7,11,14H,1-3,8-10,18H2,(H,19,21);1H. The maximum Gasteiger partial charge on any atom is 0.229 e. The predicted molar refractivity (Wildman–Crippen MR) is 96.1 cm³/mol. The van der Waals surface area contributed by atoms with Gasteiger partial charge in [0.25, 0.3) is 0 Å². The van der Waals surface area contributed by atoms with E-state index in [9.17, 15) is 4.79 Å². The minimum Gasteiger partial charge on any atom is -0.351 e. The fourth-order valence-corrected chi connectivity index (χ4v) is 3.78. The van der Waals surface area contributed by atoms with Gasteiger partial charge in [-0.15, -0.1) is 23.7 Å². The molecule has 6 heteroatoms. The van der Waals surface area contributed by atoms with Crippen molar-refractivity contribution in [1.29, 1.82) is 0 Å². The van der Waals surface area contributed by atoms with E-state index in [1.165, 1.54) is 10.4 Å². The number of thiazole rings is 1. The van der Waals surface area contributed by atoms with E-state index in [0.29, 0.717) is 13.1 Å². The normalized spacial score (nSPS) is 16.3. The van der Waals surface area contributed by atoms with Gasteiger partial charge < -0.3 is 11.1 Å². The number of rotatable bonds is 5. The number of fused-ring (bicyclic) bond motifs is 1. The van der Waals surface area contributed by atoms with E-state index >= 15 is 0 Å². The lowest BCUT2D eigenvalue weighted by Gasteiger charge is -2.20. The van der Waals surface area contributed by atoms with Crippen molar-refractivity contribution < 1.29 is 4.79 Å². The van der Waals surface area contributed by atoms with Crippen molar-refractivity contribution in [2.24, 2.45) is 5.73 Å². The molecule has 1 amide bonds. The summed E-state index contributed by atoms with van der Waals surface area (Å²) in [5.74, 6) is 0.0180. The van der Waals surface area contributed by atoms with Crippen molar-refractivity contribution in [2.45, 2.75) is 38.1 Å². The van der Waals surface area contributed by atoms with E-state index in [0.717, 1.165) is 36.9 Å². The zero-order valence-corrected chi connectivity index (χ0v) is 14.6. The van der Waals surface area contributed by atoms with Crippen LogP contribution in [-0.2, 0) is 24.2 Å². The third-order valence-electron chi connectivity index (χ3n) is 4.14. The summed E-state index contributed by atoms with van der Waals surface area (Å²) >= 11 is 1.67. The molecule has 1 atom stereocenters. The summed E-state index contributed by atoms with van der Waals surface area (Å²) in [5.41, 5.74) is 10.7. The molecule has 124 valence electrons. The maximum absolute atomic E-state index is 12.4. The van der Waals surface area contributed by atoms with Gasteiger partial charge in [0.2, 0.25) is 5.91 Å². The quantitative estimate of drug-likeness (QED) is 0.870. The summed E-state index contributed by atoms with van der Waals surface area (Å²) in [6.45, 7) is 1.23. The Hall–Kier alpha value is -1.43. The summed E-state index contributed by atoms with van der Waals surface area (Å²) in [5, 5.41) is 3.05. The number of hydrogen-bond donors (Lipinski definition) is 2. The Labute approximate surface area is 146 Å². The second-order valence-corrected chi connectivity index (χ2v) is 6.62. The van der Waals surface area contributed by atoms with E-state index in [-0.39, 0.29) is 24.2 Å². The van der Waals surface area contributed by atoms with Gasteiger partial charge in [0, 0.05) is 11.4 Å². The number of carbonyl (C=O) groups excluding carboxylic acids is 1. The summed E-state index contributed by atoms with van der Waals surface area (Å²) in [4.78, 5) is 18.1. The molecule has 0 fully saturated rings. The molecule has 1 aliphatic rings. The molecule has 1 aromatic carbocycles. The highest BCUT2D eigenvalue weighted by atomic mass is 35.5. The lowest BCUT2D eigenvalue weighted by molar-refractivity contribution is -0.123. The van der Waals surface area contributed by atoms with Crippen molar-refractivity contribution in [3.63, 3.8) is 0 Å². The molecule has 0 bridgehead atoms. The largest absolute Gasteiger partial charge is 0.351 e. The monoisotopic (exact) mass is 351 g/mol. The molecule has 0 radical (unpaired) electrons. The van der Waals surface area contributed by atoms with Gasteiger partial charge in [0.1, 0.15) is 0 Å². The number of aromatic nitrogens is 1. The molecule has 4 nitrogen and oxygen atoms in total. The predicted octanol–water partition coefficient (Wildman–Crippen LogP) is 2.80. The van der Waals surface area contributed by atoms with Crippen molar-refractivity contribution in [1.82, 2.24) is 10.3 Å². The van der Waals surface area contributed by atoms with Crippen LogP contribution in [0.15, 0.2) is 29.8 Å². The Bertz CT molecular complexity index is 642. The Balaban J connectivity index is 0.00000192. The number of halogens is 1. The fraction of sp³-hybridized carbons (Fsp3) is 0.412. The van der Waals surface area contributed by atoms with Gasteiger partial charge in [-0.3, -0.25) is 4.79 Å². The molecule has 1 aromatic heterocycles. The molecule has 0 saturated carbocycles. The van der Waals surface area contributed by atoms with Gasteiger partial charge in [0.05, 0.1) is 17.1 Å². The fourth-order valence-electron chi connectivity index (χ4n) is 2.91. The molecular formula is C17H22ClN3OS. The summed E-state index contributed by atoms with van der Waals surface area (Å²) in [6.07, 6.45) is 3.92. The lowest BCUT2D eigenvalue weighted by atomic mass is 9.90. The molecule has 0 spiro atoms. The Morgan fingerprint density at radius 2 is 2.04 bits per heavy atom. The first-order valence-corrected chi connectivity index (χ1v) is 8.63. The van der Waals surface area contributed by atoms with Crippen molar-refractivity contribution in [3.05, 3.63) is 51.5 Å². The number of amides is 1. The highest BCUT2D eigenvalue weighted by Crippen LogP contribution is 2.32. The first kappa shape index (κ1) is 17.9. The molecular weight excluding hydrogens is 330 g/mol. The summed E-state index contributed by atoms with van der Waals surface area (Å²) < 4.78 is 0. The van der Waals surface area contributed by atoms with Crippen molar-refractivity contribution in [3.8, 4) is 0 Å². The van der Waals surface area contributed by atoms with Gasteiger partial charge in [-0.2, -0.15) is 0 Å². The Morgan fingerprint density at radius 1 is 1.30 bits per heavy atom. The lowest BCUT2D eigenvalue weighted by Crippen LogP contribution is -2.31. The van der Waals surface area contributed by atoms with Crippen molar-refractivity contribution >= 4 is 29.7 Å². The molecule has 2 aromatic rings. The molecule has 1 heterocycles. The number of carbonyl (C=O) groups is 1. The van der Waals surface area contributed by atoms with Crippen LogP contribution in [0.4, 0.5) is 0 Å². The maximum atomic E-state index is 12.4. The molecule has 1 unspecified atom stereocenters. The Kier molecular flexibility index (Phi) is 6.57. The van der Waals surface area contributed by atoms with E-state index in [1.807, 2.05) is 5.51 Å². The number of aryl methyl sites for hydroxylation is 1. The van der Waals surface area contributed by atoms with E-state index in [4.69, 9.17) is 5.73 Å². The SMILES string of the molecule is Cl.NCCc1ccc(CNC(=O)C2CCCc3scnc32)cc1. The third-order valence-corrected chi connectivity index (χ3v) is 5.05. The molecule has 0 aliphatic heterocycles. The van der Waals surface area contributed by atoms with Gasteiger partial charge in [0.15, 0.2) is 0 Å². The first-order valence-electron chi connectivity index (χ1n) is 7.76. The molecule has 0 saturated heterocycles. The van der Waals surface area contributed by atoms with Crippen LogP contribution in [0.25, 0.3) is 0 Å². The topological polar surface area (TPSA) is 68.0 Å². The van der Waals surface area contributed by atoms with Crippen LogP contribution in [0, 0.1) is 0 Å². The van der Waals surface area contributed by atoms with Gasteiger partial charge in [-0.1, -0.05) is 24.3 Å². The average Bonchev–Trinajstić information content (AvgIpc) is 3.02. The van der Waals surface area contributed by atoms with Crippen LogP contribution < -0.4 is 11.1 Å².